The van der Waals surface area contributed by atoms with Crippen molar-refractivity contribution in [3.63, 3.8) is 0 Å². The smallest absolute Gasteiger partial charge is 0.414 e. The first-order valence-electron chi connectivity index (χ1n) is 9.40. The van der Waals surface area contributed by atoms with Gasteiger partial charge in [-0.05, 0) is 35.4 Å². The second kappa shape index (κ2) is 9.85. The van der Waals surface area contributed by atoms with E-state index in [4.69, 9.17) is 4.74 Å². The van der Waals surface area contributed by atoms with Gasteiger partial charge in [-0.2, -0.15) is 0 Å². The fourth-order valence-corrected chi connectivity index (χ4v) is 3.86. The van der Waals surface area contributed by atoms with Crippen LogP contribution < -0.4 is 0 Å². The minimum Gasteiger partial charge on any atom is -0.465 e. The van der Waals surface area contributed by atoms with E-state index in [1.807, 2.05) is 30.3 Å². The van der Waals surface area contributed by atoms with Crippen LogP contribution in [-0.4, -0.2) is 28.6 Å². The molecule has 3 rings (SSSR count). The third-order valence-electron chi connectivity index (χ3n) is 5.08. The highest BCUT2D eigenvalue weighted by molar-refractivity contribution is 9.08. The van der Waals surface area contributed by atoms with Gasteiger partial charge < -0.3 is 9.84 Å². The first-order valence-corrected chi connectivity index (χ1v) is 10.5. The van der Waals surface area contributed by atoms with Crippen LogP contribution in [-0.2, 0) is 21.4 Å². The highest BCUT2D eigenvalue weighted by Gasteiger charge is 2.29. The molecular weight excluding hydrogens is 422 g/mol. The zero-order chi connectivity index (χ0) is 19.9. The topological polar surface area (TPSA) is 66.8 Å². The minimum atomic E-state index is -1.21. The van der Waals surface area contributed by atoms with Gasteiger partial charge in [0, 0.05) is 18.4 Å². The number of halogens is 1. The van der Waals surface area contributed by atoms with Crippen molar-refractivity contribution in [3.8, 4) is 0 Å². The molecule has 2 amide bonds. The lowest BCUT2D eigenvalue weighted by molar-refractivity contribution is -0.131. The van der Waals surface area contributed by atoms with Crippen molar-refractivity contribution >= 4 is 27.9 Å². The second-order valence-electron chi connectivity index (χ2n) is 7.08. The molecule has 1 N–H and O–H groups in total. The fraction of sp³-hybridized carbons (Fsp3) is 0.364. The Kier molecular flexibility index (Phi) is 7.23. The summed E-state index contributed by atoms with van der Waals surface area (Å²) in [7, 11) is 0. The molecule has 0 aromatic heterocycles. The molecule has 0 saturated carbocycles. The van der Waals surface area contributed by atoms with Crippen molar-refractivity contribution in [1.82, 2.24) is 4.90 Å². The van der Waals surface area contributed by atoms with E-state index < -0.39 is 6.09 Å². The monoisotopic (exact) mass is 445 g/mol. The predicted molar refractivity (Wildman–Crippen MR) is 110 cm³/mol. The molecule has 2 unspecified atom stereocenters. The van der Waals surface area contributed by atoms with Crippen LogP contribution in [0.15, 0.2) is 54.6 Å². The average molecular weight is 446 g/mol. The largest absolute Gasteiger partial charge is 0.465 e. The number of rotatable bonds is 6. The molecule has 2 aromatic carbocycles. The van der Waals surface area contributed by atoms with Crippen molar-refractivity contribution in [1.29, 1.82) is 0 Å². The van der Waals surface area contributed by atoms with Crippen LogP contribution in [0.2, 0.25) is 0 Å². The van der Waals surface area contributed by atoms with Crippen LogP contribution in [0.1, 0.15) is 42.1 Å². The summed E-state index contributed by atoms with van der Waals surface area (Å²) in [6, 6.07) is 17.4. The number of imide groups is 1. The molecule has 1 fully saturated rings. The standard InChI is InChI=1S/C22H24BrNO4/c23-14-16-6-8-19(9-7-16)20-12-18(10-11-28-20)13-21(25)24(22(26)27)15-17-4-2-1-3-5-17/h1-9,18,20H,10-15H2,(H,26,27). The maximum atomic E-state index is 12.7. The molecule has 0 aliphatic carbocycles. The summed E-state index contributed by atoms with van der Waals surface area (Å²) in [5.41, 5.74) is 3.10. The minimum absolute atomic E-state index is 0.0525. The average Bonchev–Trinajstić information content (AvgIpc) is 2.72. The van der Waals surface area contributed by atoms with E-state index in [9.17, 15) is 14.7 Å². The van der Waals surface area contributed by atoms with Crippen LogP contribution in [0.3, 0.4) is 0 Å². The molecule has 0 radical (unpaired) electrons. The molecule has 1 aliphatic rings. The molecule has 28 heavy (non-hydrogen) atoms. The van der Waals surface area contributed by atoms with Gasteiger partial charge in [-0.25, -0.2) is 9.69 Å². The number of ether oxygens (including phenoxy) is 1. The molecule has 6 heteroatoms. The maximum Gasteiger partial charge on any atom is 0.414 e. The first kappa shape index (κ1) is 20.6. The van der Waals surface area contributed by atoms with Gasteiger partial charge in [0.15, 0.2) is 0 Å². The summed E-state index contributed by atoms with van der Waals surface area (Å²) in [6.07, 6.45) is 0.447. The van der Waals surface area contributed by atoms with Crippen molar-refractivity contribution < 1.29 is 19.4 Å². The van der Waals surface area contributed by atoms with Crippen molar-refractivity contribution in [3.05, 3.63) is 71.3 Å². The van der Waals surface area contributed by atoms with Crippen molar-refractivity contribution in [2.75, 3.05) is 6.61 Å². The van der Waals surface area contributed by atoms with Crippen LogP contribution in [0, 0.1) is 5.92 Å². The van der Waals surface area contributed by atoms with Gasteiger partial charge in [-0.3, -0.25) is 4.79 Å². The Balaban J connectivity index is 1.62. The molecule has 0 spiro atoms. The Labute approximate surface area is 173 Å². The molecule has 1 saturated heterocycles. The lowest BCUT2D eigenvalue weighted by Crippen LogP contribution is -2.37. The summed E-state index contributed by atoms with van der Waals surface area (Å²) >= 11 is 3.44. The number of carbonyl (C=O) groups is 2. The Morgan fingerprint density at radius 1 is 1.07 bits per heavy atom. The number of amides is 2. The summed E-state index contributed by atoms with van der Waals surface area (Å²) < 4.78 is 5.90. The zero-order valence-electron chi connectivity index (χ0n) is 15.6. The Morgan fingerprint density at radius 2 is 1.79 bits per heavy atom. The molecule has 2 atom stereocenters. The SMILES string of the molecule is O=C(O)N(Cc1ccccc1)C(=O)CC1CCOC(c2ccc(CBr)cc2)C1. The van der Waals surface area contributed by atoms with Gasteiger partial charge in [0.25, 0.3) is 0 Å². The summed E-state index contributed by atoms with van der Waals surface area (Å²) in [4.78, 5) is 25.2. The molecular formula is C22H24BrNO4. The number of hydrogen-bond acceptors (Lipinski definition) is 3. The number of carbonyl (C=O) groups excluding carboxylic acids is 1. The number of carboxylic acid groups (broad SMARTS) is 1. The van der Waals surface area contributed by atoms with E-state index in [2.05, 4.69) is 40.2 Å². The van der Waals surface area contributed by atoms with E-state index in [1.165, 1.54) is 5.56 Å². The number of alkyl halides is 1. The molecule has 5 nitrogen and oxygen atoms in total. The first-order chi connectivity index (χ1) is 13.6. The molecule has 148 valence electrons. The van der Waals surface area contributed by atoms with E-state index >= 15 is 0 Å². The van der Waals surface area contributed by atoms with Crippen molar-refractivity contribution in [2.24, 2.45) is 5.92 Å². The summed E-state index contributed by atoms with van der Waals surface area (Å²) in [6.45, 7) is 0.657. The third-order valence-corrected chi connectivity index (χ3v) is 5.72. The Bertz CT molecular complexity index is 794. The maximum absolute atomic E-state index is 12.7. The van der Waals surface area contributed by atoms with E-state index in [0.717, 1.165) is 34.2 Å². The van der Waals surface area contributed by atoms with E-state index in [0.29, 0.717) is 6.61 Å². The van der Waals surface area contributed by atoms with Gasteiger partial charge in [0.2, 0.25) is 5.91 Å². The number of nitrogens with zero attached hydrogens (tertiary/aromatic N) is 1. The normalized spacial score (nSPS) is 19.2. The lowest BCUT2D eigenvalue weighted by atomic mass is 9.89. The lowest BCUT2D eigenvalue weighted by Gasteiger charge is -2.30. The third kappa shape index (κ3) is 5.42. The van der Waals surface area contributed by atoms with Crippen LogP contribution in [0.4, 0.5) is 4.79 Å². The van der Waals surface area contributed by atoms with Crippen LogP contribution >= 0.6 is 15.9 Å². The van der Waals surface area contributed by atoms with Gasteiger partial charge in [0.1, 0.15) is 0 Å². The van der Waals surface area contributed by atoms with Crippen LogP contribution in [0.25, 0.3) is 0 Å². The fourth-order valence-electron chi connectivity index (χ4n) is 3.49. The van der Waals surface area contributed by atoms with E-state index in [1.54, 1.807) is 0 Å². The highest BCUT2D eigenvalue weighted by atomic mass is 79.9. The second-order valence-corrected chi connectivity index (χ2v) is 7.64. The predicted octanol–water partition coefficient (Wildman–Crippen LogP) is 5.15. The van der Waals surface area contributed by atoms with Gasteiger partial charge in [-0.15, -0.1) is 0 Å². The summed E-state index contributed by atoms with van der Waals surface area (Å²) in [5.74, 6) is -0.239. The van der Waals surface area contributed by atoms with Gasteiger partial charge in [-0.1, -0.05) is 70.5 Å². The Hall–Kier alpha value is -2.18. The van der Waals surface area contributed by atoms with Crippen molar-refractivity contribution in [2.45, 2.75) is 37.2 Å². The van der Waals surface area contributed by atoms with Gasteiger partial charge >= 0.3 is 6.09 Å². The van der Waals surface area contributed by atoms with Crippen LogP contribution in [0.5, 0.6) is 0 Å². The summed E-state index contributed by atoms with van der Waals surface area (Å²) in [5, 5.41) is 10.3. The molecule has 0 bridgehead atoms. The molecule has 2 aromatic rings. The number of benzene rings is 2. The number of hydrogen-bond donors (Lipinski definition) is 1. The Morgan fingerprint density at radius 3 is 2.43 bits per heavy atom. The van der Waals surface area contributed by atoms with Gasteiger partial charge in [0.05, 0.1) is 12.6 Å². The quantitative estimate of drug-likeness (QED) is 0.624. The van der Waals surface area contributed by atoms with E-state index in [-0.39, 0.29) is 30.9 Å². The highest BCUT2D eigenvalue weighted by Crippen LogP contribution is 2.34. The molecule has 1 aliphatic heterocycles. The zero-order valence-corrected chi connectivity index (χ0v) is 17.2. The molecule has 1 heterocycles.